The Kier molecular flexibility index (Phi) is 5.14. The first kappa shape index (κ1) is 19.2. The molecule has 0 saturated carbocycles. The minimum Gasteiger partial charge on any atom is -0.423 e. The number of aryl methyl sites for hydroxylation is 1. The van der Waals surface area contributed by atoms with E-state index >= 15 is 0 Å². The van der Waals surface area contributed by atoms with Crippen molar-refractivity contribution in [1.82, 2.24) is 5.32 Å². The van der Waals surface area contributed by atoms with E-state index in [1.54, 1.807) is 6.07 Å². The first-order chi connectivity index (χ1) is 13.9. The first-order valence-electron chi connectivity index (χ1n) is 10.1. The highest BCUT2D eigenvalue weighted by Crippen LogP contribution is 2.32. The number of rotatable bonds is 4. The number of nitrogens with one attached hydrogen (secondary N) is 1. The van der Waals surface area contributed by atoms with Crippen LogP contribution in [-0.2, 0) is 13.0 Å². The zero-order chi connectivity index (χ0) is 20.5. The molecule has 1 aliphatic rings. The molecule has 5 nitrogen and oxygen atoms in total. The lowest BCUT2D eigenvalue weighted by Gasteiger charge is -2.32. The molecule has 0 spiro atoms. The number of carbonyl (C=O) groups excluding carboxylic acids is 1. The second kappa shape index (κ2) is 7.74. The molecule has 2 heterocycles. The molecule has 0 radical (unpaired) electrons. The molecule has 1 aliphatic heterocycles. The van der Waals surface area contributed by atoms with Crippen molar-refractivity contribution < 1.29 is 9.21 Å². The Bertz CT molecular complexity index is 1130. The van der Waals surface area contributed by atoms with Gasteiger partial charge in [0.1, 0.15) is 5.58 Å². The van der Waals surface area contributed by atoms with Crippen LogP contribution >= 0.6 is 0 Å². The quantitative estimate of drug-likeness (QED) is 0.679. The van der Waals surface area contributed by atoms with Crippen molar-refractivity contribution in [3.8, 4) is 0 Å². The molecule has 1 N–H and O–H groups in total. The molecule has 0 bridgehead atoms. The fourth-order valence-corrected chi connectivity index (χ4v) is 4.09. The predicted molar refractivity (Wildman–Crippen MR) is 116 cm³/mol. The Labute approximate surface area is 170 Å². The Morgan fingerprint density at radius 2 is 2.03 bits per heavy atom. The number of fused-ring (bicyclic) bond motifs is 2. The van der Waals surface area contributed by atoms with Crippen LogP contribution in [0.2, 0.25) is 0 Å². The molecule has 150 valence electrons. The van der Waals surface area contributed by atoms with Gasteiger partial charge >= 0.3 is 5.63 Å². The summed E-state index contributed by atoms with van der Waals surface area (Å²) in [6.45, 7) is 7.40. The highest BCUT2D eigenvalue weighted by molar-refractivity contribution is 5.97. The normalized spacial score (nSPS) is 13.6. The Balaban J connectivity index is 1.72. The Hall–Kier alpha value is -3.08. The van der Waals surface area contributed by atoms with Crippen molar-refractivity contribution in [2.24, 2.45) is 0 Å². The van der Waals surface area contributed by atoms with Gasteiger partial charge in [0.2, 0.25) is 0 Å². The maximum Gasteiger partial charge on any atom is 0.336 e. The third-order valence-corrected chi connectivity index (χ3v) is 5.36. The van der Waals surface area contributed by atoms with Gasteiger partial charge in [-0.3, -0.25) is 4.79 Å². The predicted octanol–water partition coefficient (Wildman–Crippen LogP) is 4.19. The highest BCUT2D eigenvalue weighted by Gasteiger charge is 2.23. The van der Waals surface area contributed by atoms with Crippen molar-refractivity contribution in [3.05, 3.63) is 75.1 Å². The fraction of sp³-hybridized carbons (Fsp3) is 0.333. The lowest BCUT2D eigenvalue weighted by atomic mass is 9.95. The van der Waals surface area contributed by atoms with Crippen molar-refractivity contribution in [2.75, 3.05) is 11.4 Å². The Morgan fingerprint density at radius 3 is 2.83 bits per heavy atom. The molecule has 5 heteroatoms. The summed E-state index contributed by atoms with van der Waals surface area (Å²) in [4.78, 5) is 27.0. The van der Waals surface area contributed by atoms with E-state index in [-0.39, 0.29) is 17.6 Å². The van der Waals surface area contributed by atoms with E-state index in [1.165, 1.54) is 0 Å². The summed E-state index contributed by atoms with van der Waals surface area (Å²) in [6.07, 6.45) is 1.85. The van der Waals surface area contributed by atoms with E-state index in [0.717, 1.165) is 52.7 Å². The SMILES string of the molecule is Cc1ccc2c(CN3CCCc4c(C(=O)NC(C)C)cccc43)cc(=O)oc2c1. The number of benzene rings is 2. The summed E-state index contributed by atoms with van der Waals surface area (Å²) in [5, 5.41) is 3.95. The van der Waals surface area contributed by atoms with Crippen molar-refractivity contribution >= 4 is 22.6 Å². The van der Waals surface area contributed by atoms with Gasteiger partial charge in [-0.2, -0.15) is 0 Å². The lowest BCUT2D eigenvalue weighted by molar-refractivity contribution is 0.0942. The average Bonchev–Trinajstić information content (AvgIpc) is 2.66. The molecule has 29 heavy (non-hydrogen) atoms. The monoisotopic (exact) mass is 390 g/mol. The molecule has 1 amide bonds. The zero-order valence-corrected chi connectivity index (χ0v) is 17.1. The van der Waals surface area contributed by atoms with Gasteiger partial charge in [-0.05, 0) is 68.5 Å². The molecule has 0 saturated heterocycles. The van der Waals surface area contributed by atoms with Crippen LogP contribution in [0.15, 0.2) is 51.7 Å². The summed E-state index contributed by atoms with van der Waals surface area (Å²) >= 11 is 0. The molecule has 0 fully saturated rings. The molecule has 4 rings (SSSR count). The second-order valence-corrected chi connectivity index (χ2v) is 8.05. The van der Waals surface area contributed by atoms with Gasteiger partial charge in [-0.15, -0.1) is 0 Å². The molecule has 0 atom stereocenters. The van der Waals surface area contributed by atoms with Crippen molar-refractivity contribution in [3.63, 3.8) is 0 Å². The minimum atomic E-state index is -0.333. The second-order valence-electron chi connectivity index (χ2n) is 8.05. The van der Waals surface area contributed by atoms with Crippen LogP contribution in [0.3, 0.4) is 0 Å². The third-order valence-electron chi connectivity index (χ3n) is 5.36. The molecular formula is C24H26N2O3. The number of amides is 1. The van der Waals surface area contributed by atoms with E-state index in [1.807, 2.05) is 51.1 Å². The van der Waals surface area contributed by atoms with Crippen molar-refractivity contribution in [2.45, 2.75) is 46.2 Å². The standard InChI is InChI=1S/C24H26N2O3/c1-15(2)25-24(28)20-6-4-8-21-19(20)7-5-11-26(21)14-17-13-23(27)29-22-12-16(3)9-10-18(17)22/h4,6,8-10,12-13,15H,5,7,11,14H2,1-3H3,(H,25,28). The van der Waals surface area contributed by atoms with E-state index in [9.17, 15) is 9.59 Å². The number of nitrogens with zero attached hydrogens (tertiary/aromatic N) is 1. The number of anilines is 1. The minimum absolute atomic E-state index is 0.0278. The van der Waals surface area contributed by atoms with Gasteiger partial charge in [-0.1, -0.05) is 18.2 Å². The van der Waals surface area contributed by atoms with Gasteiger partial charge in [0.15, 0.2) is 0 Å². The van der Waals surface area contributed by atoms with E-state index in [0.29, 0.717) is 12.1 Å². The number of hydrogen-bond acceptors (Lipinski definition) is 4. The van der Waals surface area contributed by atoms with Crippen LogP contribution in [0.1, 0.15) is 47.3 Å². The van der Waals surface area contributed by atoms with Gasteiger partial charge < -0.3 is 14.6 Å². The summed E-state index contributed by atoms with van der Waals surface area (Å²) in [7, 11) is 0. The molecule has 3 aromatic rings. The van der Waals surface area contributed by atoms with Gasteiger partial charge in [-0.25, -0.2) is 4.79 Å². The largest absolute Gasteiger partial charge is 0.423 e. The van der Waals surface area contributed by atoms with Crippen molar-refractivity contribution in [1.29, 1.82) is 0 Å². The zero-order valence-electron chi connectivity index (χ0n) is 17.1. The lowest BCUT2D eigenvalue weighted by Crippen LogP contribution is -2.34. The highest BCUT2D eigenvalue weighted by atomic mass is 16.4. The van der Waals surface area contributed by atoms with Gasteiger partial charge in [0, 0.05) is 41.8 Å². The van der Waals surface area contributed by atoms with Crippen LogP contribution in [-0.4, -0.2) is 18.5 Å². The fourth-order valence-electron chi connectivity index (χ4n) is 4.09. The maximum atomic E-state index is 12.7. The Morgan fingerprint density at radius 1 is 1.21 bits per heavy atom. The van der Waals surface area contributed by atoms with Gasteiger partial charge in [0.25, 0.3) is 5.91 Å². The van der Waals surface area contributed by atoms with Crippen LogP contribution < -0.4 is 15.8 Å². The van der Waals surface area contributed by atoms with Gasteiger partial charge in [0.05, 0.1) is 0 Å². The first-order valence-corrected chi connectivity index (χ1v) is 10.1. The smallest absolute Gasteiger partial charge is 0.336 e. The van der Waals surface area contributed by atoms with Crippen LogP contribution in [0.25, 0.3) is 11.0 Å². The summed E-state index contributed by atoms with van der Waals surface area (Å²) < 4.78 is 5.40. The van der Waals surface area contributed by atoms with Crippen LogP contribution in [0, 0.1) is 6.92 Å². The molecular weight excluding hydrogens is 364 g/mol. The van der Waals surface area contributed by atoms with E-state index in [4.69, 9.17) is 4.42 Å². The third kappa shape index (κ3) is 3.90. The number of hydrogen-bond donors (Lipinski definition) is 1. The van der Waals surface area contributed by atoms with Crippen LogP contribution in [0.5, 0.6) is 0 Å². The topological polar surface area (TPSA) is 62.6 Å². The molecule has 1 aromatic heterocycles. The van der Waals surface area contributed by atoms with E-state index < -0.39 is 0 Å². The van der Waals surface area contributed by atoms with Crippen LogP contribution in [0.4, 0.5) is 5.69 Å². The van der Waals surface area contributed by atoms with E-state index in [2.05, 4.69) is 16.3 Å². The molecule has 0 unspecified atom stereocenters. The summed E-state index contributed by atoms with van der Waals surface area (Å²) in [5.41, 5.74) is 5.19. The average molecular weight is 390 g/mol. The molecule has 0 aliphatic carbocycles. The molecule has 2 aromatic carbocycles. The maximum absolute atomic E-state index is 12.7. The number of carbonyl (C=O) groups is 1. The summed E-state index contributed by atoms with van der Waals surface area (Å²) in [6, 6.07) is 13.5. The summed E-state index contributed by atoms with van der Waals surface area (Å²) in [5.74, 6) is -0.0278.